The van der Waals surface area contributed by atoms with Crippen LogP contribution >= 0.6 is 0 Å². The largest absolute Gasteiger partial charge is 0.347 e. The first-order valence-electron chi connectivity index (χ1n) is 7.66. The summed E-state index contributed by atoms with van der Waals surface area (Å²) >= 11 is 0. The number of nitrogens with zero attached hydrogens (tertiary/aromatic N) is 1. The van der Waals surface area contributed by atoms with Crippen molar-refractivity contribution in [2.75, 3.05) is 44.6 Å². The standard InChI is InChI=1S/C16H24N4O2/c1-12-4-3-5-14(13(12)2)19-16(22)15(21)18-8-11-20-9-6-17-7-10-20/h3-5,17H,6-11H2,1-2H3,(H,18,21)(H,19,22). The van der Waals surface area contributed by atoms with Gasteiger partial charge in [-0.25, -0.2) is 0 Å². The lowest BCUT2D eigenvalue weighted by atomic mass is 10.1. The van der Waals surface area contributed by atoms with Crippen LogP contribution in [0, 0.1) is 13.8 Å². The molecule has 0 unspecified atom stereocenters. The molecule has 1 saturated heterocycles. The Balaban J connectivity index is 1.77. The van der Waals surface area contributed by atoms with Gasteiger partial charge in [0.15, 0.2) is 0 Å². The first-order valence-corrected chi connectivity index (χ1v) is 7.66. The number of hydrogen-bond acceptors (Lipinski definition) is 4. The predicted octanol–water partition coefficient (Wildman–Crippen LogP) is 0.263. The molecule has 1 heterocycles. The van der Waals surface area contributed by atoms with Gasteiger partial charge < -0.3 is 16.0 Å². The summed E-state index contributed by atoms with van der Waals surface area (Å²) in [6.45, 7) is 9.05. The van der Waals surface area contributed by atoms with Crippen molar-refractivity contribution in [2.45, 2.75) is 13.8 Å². The van der Waals surface area contributed by atoms with Crippen molar-refractivity contribution in [3.8, 4) is 0 Å². The summed E-state index contributed by atoms with van der Waals surface area (Å²) in [6, 6.07) is 5.63. The number of carbonyl (C=O) groups excluding carboxylic acids is 2. The summed E-state index contributed by atoms with van der Waals surface area (Å²) in [7, 11) is 0. The third kappa shape index (κ3) is 4.54. The fraction of sp³-hybridized carbons (Fsp3) is 0.500. The highest BCUT2D eigenvalue weighted by molar-refractivity contribution is 6.39. The second kappa shape index (κ2) is 7.91. The van der Waals surface area contributed by atoms with E-state index in [1.807, 2.05) is 26.0 Å². The number of carbonyl (C=O) groups is 2. The lowest BCUT2D eigenvalue weighted by molar-refractivity contribution is -0.136. The molecule has 0 spiro atoms. The zero-order chi connectivity index (χ0) is 15.9. The van der Waals surface area contributed by atoms with Gasteiger partial charge in [0, 0.05) is 45.0 Å². The molecule has 2 amide bonds. The zero-order valence-corrected chi connectivity index (χ0v) is 13.2. The highest BCUT2D eigenvalue weighted by atomic mass is 16.2. The monoisotopic (exact) mass is 304 g/mol. The number of rotatable bonds is 4. The van der Waals surface area contributed by atoms with Crippen LogP contribution in [0.1, 0.15) is 11.1 Å². The molecule has 1 aromatic carbocycles. The van der Waals surface area contributed by atoms with E-state index in [1.165, 1.54) is 0 Å². The number of nitrogens with one attached hydrogen (secondary N) is 3. The molecule has 120 valence electrons. The van der Waals surface area contributed by atoms with E-state index < -0.39 is 11.8 Å². The summed E-state index contributed by atoms with van der Waals surface area (Å²) in [5.74, 6) is -1.20. The number of aryl methyl sites for hydroxylation is 1. The van der Waals surface area contributed by atoms with Gasteiger partial charge in [0.2, 0.25) is 0 Å². The summed E-state index contributed by atoms with van der Waals surface area (Å²) in [5, 5.41) is 8.61. The molecule has 0 aromatic heterocycles. The van der Waals surface area contributed by atoms with Crippen LogP contribution in [0.4, 0.5) is 5.69 Å². The third-order valence-corrected chi connectivity index (χ3v) is 3.98. The summed E-state index contributed by atoms with van der Waals surface area (Å²) < 4.78 is 0. The highest BCUT2D eigenvalue weighted by Crippen LogP contribution is 2.17. The molecular formula is C16H24N4O2. The SMILES string of the molecule is Cc1cccc(NC(=O)C(=O)NCCN2CCNCC2)c1C. The maximum absolute atomic E-state index is 11.9. The van der Waals surface area contributed by atoms with Gasteiger partial charge in [-0.3, -0.25) is 14.5 Å². The lowest BCUT2D eigenvalue weighted by Crippen LogP contribution is -2.47. The maximum atomic E-state index is 11.9. The van der Waals surface area contributed by atoms with Gasteiger partial charge in [-0.15, -0.1) is 0 Å². The Hall–Kier alpha value is -1.92. The van der Waals surface area contributed by atoms with Gasteiger partial charge in [0.25, 0.3) is 0 Å². The van der Waals surface area contributed by atoms with Gasteiger partial charge >= 0.3 is 11.8 Å². The van der Waals surface area contributed by atoms with Crippen LogP contribution < -0.4 is 16.0 Å². The maximum Gasteiger partial charge on any atom is 0.313 e. The van der Waals surface area contributed by atoms with E-state index in [2.05, 4.69) is 20.9 Å². The minimum absolute atomic E-state index is 0.485. The Kier molecular flexibility index (Phi) is 5.91. The molecule has 0 saturated carbocycles. The van der Waals surface area contributed by atoms with Crippen LogP contribution in [0.25, 0.3) is 0 Å². The second-order valence-electron chi connectivity index (χ2n) is 5.55. The van der Waals surface area contributed by atoms with Gasteiger partial charge in [-0.05, 0) is 31.0 Å². The number of piperazine rings is 1. The van der Waals surface area contributed by atoms with Gasteiger partial charge in [-0.2, -0.15) is 0 Å². The molecular weight excluding hydrogens is 280 g/mol. The molecule has 1 aromatic rings. The fourth-order valence-electron chi connectivity index (χ4n) is 2.41. The minimum Gasteiger partial charge on any atom is -0.347 e. The van der Waals surface area contributed by atoms with E-state index in [0.717, 1.165) is 43.9 Å². The Labute approximate surface area is 131 Å². The Bertz CT molecular complexity index is 539. The van der Waals surface area contributed by atoms with Gasteiger partial charge in [-0.1, -0.05) is 12.1 Å². The molecule has 1 aliphatic heterocycles. The van der Waals surface area contributed by atoms with Crippen molar-refractivity contribution in [1.82, 2.24) is 15.5 Å². The number of hydrogen-bond donors (Lipinski definition) is 3. The molecule has 3 N–H and O–H groups in total. The quantitative estimate of drug-likeness (QED) is 0.698. The third-order valence-electron chi connectivity index (χ3n) is 3.98. The molecule has 1 aliphatic rings. The van der Waals surface area contributed by atoms with Crippen molar-refractivity contribution >= 4 is 17.5 Å². The molecule has 0 bridgehead atoms. The molecule has 6 heteroatoms. The average molecular weight is 304 g/mol. The van der Waals surface area contributed by atoms with Crippen LogP contribution in [0.3, 0.4) is 0 Å². The first-order chi connectivity index (χ1) is 10.6. The lowest BCUT2D eigenvalue weighted by Gasteiger charge is -2.26. The van der Waals surface area contributed by atoms with E-state index in [-0.39, 0.29) is 0 Å². The second-order valence-corrected chi connectivity index (χ2v) is 5.55. The number of amides is 2. The molecule has 22 heavy (non-hydrogen) atoms. The van der Waals surface area contributed by atoms with E-state index in [9.17, 15) is 9.59 Å². The molecule has 1 fully saturated rings. The first kappa shape index (κ1) is 16.5. The summed E-state index contributed by atoms with van der Waals surface area (Å²) in [6.07, 6.45) is 0. The highest BCUT2D eigenvalue weighted by Gasteiger charge is 2.15. The number of anilines is 1. The average Bonchev–Trinajstić information content (AvgIpc) is 2.52. The van der Waals surface area contributed by atoms with E-state index >= 15 is 0 Å². The summed E-state index contributed by atoms with van der Waals surface area (Å²) in [4.78, 5) is 26.0. The molecule has 0 radical (unpaired) electrons. The van der Waals surface area contributed by atoms with Crippen LogP contribution in [-0.2, 0) is 9.59 Å². The smallest absolute Gasteiger partial charge is 0.313 e. The van der Waals surface area contributed by atoms with Gasteiger partial charge in [0.1, 0.15) is 0 Å². The molecule has 6 nitrogen and oxygen atoms in total. The van der Waals surface area contributed by atoms with Crippen LogP contribution in [0.15, 0.2) is 18.2 Å². The van der Waals surface area contributed by atoms with Crippen molar-refractivity contribution in [1.29, 1.82) is 0 Å². The van der Waals surface area contributed by atoms with Crippen LogP contribution in [0.5, 0.6) is 0 Å². The predicted molar refractivity (Wildman–Crippen MR) is 86.9 cm³/mol. The molecule has 0 aliphatic carbocycles. The van der Waals surface area contributed by atoms with E-state index in [4.69, 9.17) is 0 Å². The Morgan fingerprint density at radius 3 is 2.64 bits per heavy atom. The van der Waals surface area contributed by atoms with Crippen molar-refractivity contribution in [3.05, 3.63) is 29.3 Å². The number of benzene rings is 1. The Morgan fingerprint density at radius 1 is 1.18 bits per heavy atom. The van der Waals surface area contributed by atoms with E-state index in [0.29, 0.717) is 12.2 Å². The normalized spacial score (nSPS) is 15.4. The Morgan fingerprint density at radius 2 is 1.91 bits per heavy atom. The molecule has 0 atom stereocenters. The van der Waals surface area contributed by atoms with Crippen molar-refractivity contribution in [3.63, 3.8) is 0 Å². The topological polar surface area (TPSA) is 73.5 Å². The van der Waals surface area contributed by atoms with Crippen molar-refractivity contribution < 1.29 is 9.59 Å². The van der Waals surface area contributed by atoms with Crippen molar-refractivity contribution in [2.24, 2.45) is 0 Å². The van der Waals surface area contributed by atoms with Crippen LogP contribution in [0.2, 0.25) is 0 Å². The fourth-order valence-corrected chi connectivity index (χ4v) is 2.41. The molecule has 2 rings (SSSR count). The summed E-state index contributed by atoms with van der Waals surface area (Å²) in [5.41, 5.74) is 2.74. The van der Waals surface area contributed by atoms with E-state index in [1.54, 1.807) is 6.07 Å². The minimum atomic E-state index is -0.617. The van der Waals surface area contributed by atoms with Crippen LogP contribution in [-0.4, -0.2) is 56.0 Å². The van der Waals surface area contributed by atoms with Gasteiger partial charge in [0.05, 0.1) is 0 Å². The zero-order valence-electron chi connectivity index (χ0n) is 13.2.